The molecule has 6 heteroatoms. The third-order valence-electron chi connectivity index (χ3n) is 2.98. The van der Waals surface area contributed by atoms with E-state index in [-0.39, 0.29) is 19.3 Å². The molecule has 1 rings (SSSR count). The molecule has 0 fully saturated rings. The Morgan fingerprint density at radius 3 is 2.78 bits per heavy atom. The van der Waals surface area contributed by atoms with E-state index in [1.54, 1.807) is 0 Å². The Morgan fingerprint density at radius 2 is 2.13 bits per heavy atom. The number of aliphatic hydroxyl groups is 1. The second-order valence-electron chi connectivity index (χ2n) is 5.44. The summed E-state index contributed by atoms with van der Waals surface area (Å²) in [5.41, 5.74) is 0.756. The summed E-state index contributed by atoms with van der Waals surface area (Å²) in [6.45, 7) is 6.94. The third kappa shape index (κ3) is 7.83. The quantitative estimate of drug-likeness (QED) is 0.371. The average molecular weight is 325 g/mol. The number of ether oxygens (including phenoxy) is 1. The summed E-state index contributed by atoms with van der Waals surface area (Å²) in [4.78, 5) is 4.33. The van der Waals surface area contributed by atoms with Crippen LogP contribution in [0, 0.1) is 0 Å². The Kier molecular flexibility index (Phi) is 9.05. The summed E-state index contributed by atoms with van der Waals surface area (Å²) in [6, 6.07) is 7.38. The fourth-order valence-electron chi connectivity index (χ4n) is 1.97. The molecule has 23 heavy (non-hydrogen) atoms. The molecule has 1 atom stereocenters. The van der Waals surface area contributed by atoms with Crippen molar-refractivity contribution < 1.29 is 14.2 Å². The maximum atomic E-state index is 12.1. The van der Waals surface area contributed by atoms with Crippen molar-refractivity contribution in [2.24, 2.45) is 4.99 Å². The minimum atomic E-state index is -0.720. The van der Waals surface area contributed by atoms with Gasteiger partial charge in [-0.25, -0.2) is 0 Å². The van der Waals surface area contributed by atoms with Gasteiger partial charge < -0.3 is 20.5 Å². The maximum Gasteiger partial charge on any atom is 0.191 e. The van der Waals surface area contributed by atoms with Gasteiger partial charge in [-0.1, -0.05) is 12.1 Å². The zero-order valence-corrected chi connectivity index (χ0v) is 14.2. The predicted molar refractivity (Wildman–Crippen MR) is 91.7 cm³/mol. The molecule has 1 aromatic carbocycles. The number of guanidine groups is 1. The van der Waals surface area contributed by atoms with Crippen LogP contribution in [0.4, 0.5) is 4.39 Å². The van der Waals surface area contributed by atoms with Gasteiger partial charge in [0.25, 0.3) is 0 Å². The van der Waals surface area contributed by atoms with E-state index in [1.807, 2.05) is 45.0 Å². The van der Waals surface area contributed by atoms with Crippen molar-refractivity contribution in [1.29, 1.82) is 0 Å². The largest absolute Gasteiger partial charge is 0.491 e. The van der Waals surface area contributed by atoms with Crippen molar-refractivity contribution in [2.45, 2.75) is 39.4 Å². The first kappa shape index (κ1) is 19.2. The van der Waals surface area contributed by atoms with Crippen molar-refractivity contribution in [2.75, 3.05) is 26.3 Å². The van der Waals surface area contributed by atoms with Crippen LogP contribution in [-0.4, -0.2) is 43.5 Å². The van der Waals surface area contributed by atoms with Gasteiger partial charge in [0, 0.05) is 13.1 Å². The first-order valence-electron chi connectivity index (χ1n) is 8.09. The number of halogens is 1. The first-order chi connectivity index (χ1) is 11.1. The molecule has 1 unspecified atom stereocenters. The molecule has 0 bridgehead atoms. The molecule has 0 aliphatic rings. The molecule has 130 valence electrons. The van der Waals surface area contributed by atoms with E-state index >= 15 is 0 Å². The van der Waals surface area contributed by atoms with Crippen molar-refractivity contribution in [3.05, 3.63) is 29.8 Å². The number of rotatable bonds is 9. The molecule has 0 saturated carbocycles. The zero-order chi connectivity index (χ0) is 17.1. The number of hydrogen-bond donors (Lipinski definition) is 3. The van der Waals surface area contributed by atoms with Crippen LogP contribution < -0.4 is 15.4 Å². The van der Waals surface area contributed by atoms with E-state index in [1.165, 1.54) is 0 Å². The fourth-order valence-corrected chi connectivity index (χ4v) is 1.97. The lowest BCUT2D eigenvalue weighted by molar-refractivity contribution is 0.185. The minimum absolute atomic E-state index is 0.0838. The first-order valence-corrected chi connectivity index (χ1v) is 8.09. The van der Waals surface area contributed by atoms with Gasteiger partial charge in [0.05, 0.1) is 25.4 Å². The summed E-state index contributed by atoms with van der Waals surface area (Å²) >= 11 is 0. The Balaban J connectivity index is 2.64. The Labute approximate surface area is 138 Å². The van der Waals surface area contributed by atoms with Crippen LogP contribution in [0.25, 0.3) is 0 Å². The average Bonchev–Trinajstić information content (AvgIpc) is 2.52. The number of nitrogens with zero attached hydrogens (tertiary/aromatic N) is 1. The molecule has 1 aromatic rings. The predicted octanol–water partition coefficient (Wildman–Crippen LogP) is 2.42. The number of alkyl halides is 1. The van der Waals surface area contributed by atoms with E-state index in [0.717, 1.165) is 11.3 Å². The van der Waals surface area contributed by atoms with E-state index < -0.39 is 6.10 Å². The van der Waals surface area contributed by atoms with Crippen LogP contribution >= 0.6 is 0 Å². The van der Waals surface area contributed by atoms with Crippen molar-refractivity contribution >= 4 is 5.96 Å². The van der Waals surface area contributed by atoms with Gasteiger partial charge in [-0.15, -0.1) is 0 Å². The fraction of sp³-hybridized carbons (Fsp3) is 0.588. The maximum absolute atomic E-state index is 12.1. The highest BCUT2D eigenvalue weighted by atomic mass is 19.1. The number of hydrogen-bond acceptors (Lipinski definition) is 3. The van der Waals surface area contributed by atoms with Crippen LogP contribution in [0.5, 0.6) is 5.75 Å². The standard InChI is InChI=1S/C17H28FN3O2/c1-4-19-17(20-10-6-9-18)21-12-16(22)14-7-5-8-15(11-14)23-13(2)3/h5,7-8,11,13,16,22H,4,6,9-10,12H2,1-3H3,(H2,19,20,21). The van der Waals surface area contributed by atoms with Gasteiger partial charge >= 0.3 is 0 Å². The van der Waals surface area contributed by atoms with Crippen molar-refractivity contribution in [3.8, 4) is 5.75 Å². The monoisotopic (exact) mass is 325 g/mol. The Bertz CT molecular complexity index is 481. The number of aliphatic hydroxyl groups excluding tert-OH is 1. The molecule has 0 saturated heterocycles. The van der Waals surface area contributed by atoms with E-state index in [4.69, 9.17) is 4.74 Å². The summed E-state index contributed by atoms with van der Waals surface area (Å²) in [5.74, 6) is 1.31. The Morgan fingerprint density at radius 1 is 1.35 bits per heavy atom. The number of benzene rings is 1. The molecule has 3 N–H and O–H groups in total. The van der Waals surface area contributed by atoms with E-state index in [2.05, 4.69) is 15.6 Å². The smallest absolute Gasteiger partial charge is 0.191 e. The van der Waals surface area contributed by atoms with Crippen LogP contribution in [0.1, 0.15) is 38.9 Å². The topological polar surface area (TPSA) is 65.9 Å². The van der Waals surface area contributed by atoms with Gasteiger partial charge in [-0.05, 0) is 44.9 Å². The lowest BCUT2D eigenvalue weighted by atomic mass is 10.1. The molecule has 0 spiro atoms. The second kappa shape index (κ2) is 10.8. The molecule has 0 aromatic heterocycles. The van der Waals surface area contributed by atoms with Gasteiger partial charge in [0.2, 0.25) is 0 Å². The molecule has 0 radical (unpaired) electrons. The number of aliphatic imine (C=N–C) groups is 1. The van der Waals surface area contributed by atoms with Crippen LogP contribution in [-0.2, 0) is 0 Å². The molecule has 0 amide bonds. The lowest BCUT2D eigenvalue weighted by Crippen LogP contribution is -2.38. The van der Waals surface area contributed by atoms with Crippen LogP contribution in [0.15, 0.2) is 29.3 Å². The van der Waals surface area contributed by atoms with Gasteiger partial charge in [-0.3, -0.25) is 9.38 Å². The summed E-state index contributed by atoms with van der Waals surface area (Å²) < 4.78 is 17.8. The normalized spacial score (nSPS) is 13.0. The molecule has 0 aliphatic carbocycles. The zero-order valence-electron chi connectivity index (χ0n) is 14.2. The summed E-state index contributed by atoms with van der Waals surface area (Å²) in [5, 5.41) is 16.4. The highest BCUT2D eigenvalue weighted by molar-refractivity contribution is 5.79. The minimum Gasteiger partial charge on any atom is -0.491 e. The highest BCUT2D eigenvalue weighted by Crippen LogP contribution is 2.20. The van der Waals surface area contributed by atoms with E-state index in [9.17, 15) is 9.50 Å². The molecule has 0 heterocycles. The second-order valence-corrected chi connectivity index (χ2v) is 5.44. The molecular formula is C17H28FN3O2. The number of nitrogens with one attached hydrogen (secondary N) is 2. The molecule has 0 aliphatic heterocycles. The van der Waals surface area contributed by atoms with E-state index in [0.29, 0.717) is 25.5 Å². The van der Waals surface area contributed by atoms with Gasteiger partial charge in [-0.2, -0.15) is 0 Å². The van der Waals surface area contributed by atoms with Crippen LogP contribution in [0.3, 0.4) is 0 Å². The summed E-state index contributed by atoms with van der Waals surface area (Å²) in [7, 11) is 0. The van der Waals surface area contributed by atoms with Crippen LogP contribution in [0.2, 0.25) is 0 Å². The van der Waals surface area contributed by atoms with Gasteiger partial charge in [0.1, 0.15) is 5.75 Å². The van der Waals surface area contributed by atoms with Gasteiger partial charge in [0.15, 0.2) is 5.96 Å². The SMILES string of the molecule is CCNC(=NCC(O)c1cccc(OC(C)C)c1)NCCCF. The highest BCUT2D eigenvalue weighted by Gasteiger charge is 2.09. The lowest BCUT2D eigenvalue weighted by Gasteiger charge is -2.15. The third-order valence-corrected chi connectivity index (χ3v) is 2.98. The molecular weight excluding hydrogens is 297 g/mol. The Hall–Kier alpha value is -1.82. The summed E-state index contributed by atoms with van der Waals surface area (Å²) in [6.07, 6.45) is -0.204. The van der Waals surface area contributed by atoms with Crippen molar-refractivity contribution in [1.82, 2.24) is 10.6 Å². The molecule has 5 nitrogen and oxygen atoms in total. The van der Waals surface area contributed by atoms with Crippen molar-refractivity contribution in [3.63, 3.8) is 0 Å².